The van der Waals surface area contributed by atoms with E-state index in [0.717, 1.165) is 69.0 Å². The summed E-state index contributed by atoms with van der Waals surface area (Å²) in [6, 6.07) is 24.4. The standard InChI is InChI=1S/C42H47ClFN5O5S/c43-32-9-7-31(8-10-32)40-6-1-2-19-49(40)28-30-15-20-48(21-16-30)34-11-13-37(41(25-34)54-35-5-3-4-33(44)24-35)42(50)47-55(52)36-12-14-38(39(26-36)46-51)45-27-29-17-22-53-23-18-29/h3-5,7-14,24-26,29-30,40,45H,1-2,6,15-23,27-28H2,(H,47,50). The van der Waals surface area contributed by atoms with Crippen molar-refractivity contribution in [3.05, 3.63) is 112 Å². The van der Waals surface area contributed by atoms with Crippen molar-refractivity contribution in [3.63, 3.8) is 0 Å². The Balaban J connectivity index is 1.02. The van der Waals surface area contributed by atoms with E-state index in [2.05, 4.69) is 37.1 Å². The molecule has 55 heavy (non-hydrogen) atoms. The molecule has 290 valence electrons. The van der Waals surface area contributed by atoms with Gasteiger partial charge in [-0.2, -0.15) is 0 Å². The van der Waals surface area contributed by atoms with Crippen LogP contribution >= 0.6 is 11.6 Å². The highest BCUT2D eigenvalue weighted by Crippen LogP contribution is 2.36. The van der Waals surface area contributed by atoms with E-state index in [4.69, 9.17) is 21.1 Å². The first-order valence-electron chi connectivity index (χ1n) is 19.2. The molecule has 4 aromatic rings. The summed E-state index contributed by atoms with van der Waals surface area (Å²) in [5.74, 6) is 0.297. The van der Waals surface area contributed by atoms with Gasteiger partial charge in [0.25, 0.3) is 5.91 Å². The number of nitrogens with zero attached hydrogens (tertiary/aromatic N) is 3. The first-order chi connectivity index (χ1) is 26.8. The van der Waals surface area contributed by atoms with Crippen LogP contribution in [-0.2, 0) is 15.7 Å². The summed E-state index contributed by atoms with van der Waals surface area (Å²) in [4.78, 5) is 30.6. The van der Waals surface area contributed by atoms with E-state index >= 15 is 0 Å². The van der Waals surface area contributed by atoms with Crippen LogP contribution in [0.2, 0.25) is 5.02 Å². The second-order valence-electron chi connectivity index (χ2n) is 14.6. The highest BCUT2D eigenvalue weighted by molar-refractivity contribution is 7.83. The topological polar surface area (TPSA) is 113 Å². The van der Waals surface area contributed by atoms with E-state index in [0.29, 0.717) is 43.3 Å². The van der Waals surface area contributed by atoms with Gasteiger partial charge in [-0.1, -0.05) is 36.2 Å². The molecule has 0 bridgehead atoms. The van der Waals surface area contributed by atoms with Crippen molar-refractivity contribution < 1.29 is 22.9 Å². The van der Waals surface area contributed by atoms with Crippen molar-refractivity contribution in [2.24, 2.45) is 17.0 Å². The fourth-order valence-electron chi connectivity index (χ4n) is 7.87. The molecular formula is C42H47ClFN5O5S. The molecule has 0 aromatic heterocycles. The van der Waals surface area contributed by atoms with Crippen LogP contribution in [0.15, 0.2) is 95.0 Å². The number of carbonyl (C=O) groups is 1. The summed E-state index contributed by atoms with van der Waals surface area (Å²) in [5.41, 5.74) is 2.98. The fraction of sp³-hybridized carbons (Fsp3) is 0.405. The second kappa shape index (κ2) is 18.5. The van der Waals surface area contributed by atoms with Crippen molar-refractivity contribution in [2.45, 2.75) is 55.9 Å². The number of hydrogen-bond acceptors (Lipinski definition) is 9. The molecule has 3 aliphatic rings. The Bertz CT molecular complexity index is 1970. The Kier molecular flexibility index (Phi) is 13.1. The minimum atomic E-state index is -2.01. The average Bonchev–Trinajstić information content (AvgIpc) is 3.21. The van der Waals surface area contributed by atoms with E-state index in [1.54, 1.807) is 30.3 Å². The molecule has 0 aliphatic carbocycles. The number of likely N-dealkylation sites (tertiary alicyclic amines) is 1. The lowest BCUT2D eigenvalue weighted by atomic mass is 9.91. The van der Waals surface area contributed by atoms with Gasteiger partial charge in [-0.25, -0.2) is 8.60 Å². The Labute approximate surface area is 329 Å². The van der Waals surface area contributed by atoms with Crippen molar-refractivity contribution in [3.8, 4) is 11.5 Å². The quantitative estimate of drug-likeness (QED) is 0.129. The smallest absolute Gasteiger partial charge is 0.266 e. The summed E-state index contributed by atoms with van der Waals surface area (Å²) in [7, 11) is -2.01. The van der Waals surface area contributed by atoms with Gasteiger partial charge in [-0.15, -0.1) is 4.91 Å². The van der Waals surface area contributed by atoms with Crippen molar-refractivity contribution in [1.29, 1.82) is 0 Å². The molecule has 3 saturated heterocycles. The highest BCUT2D eigenvalue weighted by atomic mass is 35.5. The third-order valence-corrected chi connectivity index (χ3v) is 12.3. The molecule has 3 heterocycles. The number of benzene rings is 4. The largest absolute Gasteiger partial charge is 0.456 e. The maximum absolute atomic E-state index is 14.2. The van der Waals surface area contributed by atoms with Crippen LogP contribution in [0.1, 0.15) is 66.9 Å². The molecule has 7 rings (SSSR count). The third-order valence-electron chi connectivity index (χ3n) is 11.0. The van der Waals surface area contributed by atoms with Gasteiger partial charge < -0.3 is 19.7 Å². The van der Waals surface area contributed by atoms with Gasteiger partial charge in [-0.05, 0) is 122 Å². The number of amides is 1. The molecule has 3 fully saturated rings. The Morgan fingerprint density at radius 1 is 0.909 bits per heavy atom. The summed E-state index contributed by atoms with van der Waals surface area (Å²) < 4.78 is 41.7. The van der Waals surface area contributed by atoms with Crippen molar-refractivity contribution in [1.82, 2.24) is 9.62 Å². The SMILES string of the molecule is O=Nc1cc(S(=O)NC(=O)c2ccc(N3CCC(CN4CCCCC4c4ccc(Cl)cc4)CC3)cc2Oc2cccc(F)c2)ccc1NCC1CCOCC1. The van der Waals surface area contributed by atoms with Gasteiger partial charge in [0, 0.05) is 68.3 Å². The molecule has 3 aliphatic heterocycles. The van der Waals surface area contributed by atoms with Gasteiger partial charge in [0.05, 0.1) is 16.1 Å². The first kappa shape index (κ1) is 38.9. The van der Waals surface area contributed by atoms with Crippen LogP contribution in [0.4, 0.5) is 21.5 Å². The molecule has 0 saturated carbocycles. The van der Waals surface area contributed by atoms with Gasteiger partial charge in [0.1, 0.15) is 23.0 Å². The lowest BCUT2D eigenvalue weighted by molar-refractivity contribution is 0.0699. The van der Waals surface area contributed by atoms with E-state index in [1.165, 1.54) is 42.7 Å². The van der Waals surface area contributed by atoms with Gasteiger partial charge in [-0.3, -0.25) is 14.4 Å². The summed E-state index contributed by atoms with van der Waals surface area (Å²) >= 11 is 6.18. The zero-order chi connectivity index (χ0) is 38.1. The maximum Gasteiger partial charge on any atom is 0.266 e. The summed E-state index contributed by atoms with van der Waals surface area (Å²) in [6.07, 6.45) is 7.50. The van der Waals surface area contributed by atoms with Gasteiger partial charge in [0.2, 0.25) is 0 Å². The molecule has 0 spiro atoms. The number of hydrogen-bond donors (Lipinski definition) is 2. The number of rotatable bonds is 13. The van der Waals surface area contributed by atoms with Crippen LogP contribution in [-0.4, -0.2) is 61.0 Å². The number of ether oxygens (including phenoxy) is 2. The number of halogens is 2. The van der Waals surface area contributed by atoms with Gasteiger partial charge in [0.15, 0.2) is 11.0 Å². The molecule has 2 N–H and O–H groups in total. The third kappa shape index (κ3) is 10.1. The van der Waals surface area contributed by atoms with Crippen LogP contribution in [0.25, 0.3) is 0 Å². The lowest BCUT2D eigenvalue weighted by Crippen LogP contribution is -2.41. The molecule has 1 amide bonds. The normalized spacial score (nSPS) is 19.1. The number of piperidine rings is 2. The molecular weight excluding hydrogens is 741 g/mol. The molecule has 10 nitrogen and oxygen atoms in total. The highest BCUT2D eigenvalue weighted by Gasteiger charge is 2.29. The molecule has 13 heteroatoms. The minimum absolute atomic E-state index is 0.104. The van der Waals surface area contributed by atoms with Crippen LogP contribution in [0, 0.1) is 22.6 Å². The van der Waals surface area contributed by atoms with E-state index in [9.17, 15) is 18.3 Å². The Morgan fingerprint density at radius 3 is 2.47 bits per heavy atom. The van der Waals surface area contributed by atoms with E-state index < -0.39 is 22.7 Å². The minimum Gasteiger partial charge on any atom is -0.456 e. The number of nitrogens with one attached hydrogen (secondary N) is 2. The van der Waals surface area contributed by atoms with Crippen LogP contribution < -0.4 is 19.7 Å². The van der Waals surface area contributed by atoms with E-state index in [1.807, 2.05) is 18.2 Å². The molecule has 2 atom stereocenters. The first-order valence-corrected chi connectivity index (χ1v) is 20.7. The second-order valence-corrected chi connectivity index (χ2v) is 16.3. The van der Waals surface area contributed by atoms with Gasteiger partial charge >= 0.3 is 0 Å². The number of carbonyl (C=O) groups excluding carboxylic acids is 1. The fourth-order valence-corrected chi connectivity index (χ4v) is 8.80. The average molecular weight is 788 g/mol. The lowest BCUT2D eigenvalue weighted by Gasteiger charge is -2.41. The maximum atomic E-state index is 14.2. The number of anilines is 2. The predicted molar refractivity (Wildman–Crippen MR) is 215 cm³/mol. The van der Waals surface area contributed by atoms with Crippen molar-refractivity contribution in [2.75, 3.05) is 56.2 Å². The van der Waals surface area contributed by atoms with E-state index in [-0.39, 0.29) is 27.6 Å². The summed E-state index contributed by atoms with van der Waals surface area (Å²) in [5, 5.41) is 7.18. The molecule has 2 unspecified atom stereocenters. The molecule has 0 radical (unpaired) electrons. The van der Waals surface area contributed by atoms with Crippen LogP contribution in [0.3, 0.4) is 0 Å². The molecule has 4 aromatic carbocycles. The zero-order valence-electron chi connectivity index (χ0n) is 30.8. The Hall–Kier alpha value is -4.36. The zero-order valence-corrected chi connectivity index (χ0v) is 32.3. The van der Waals surface area contributed by atoms with Crippen molar-refractivity contribution >= 4 is 45.6 Å². The number of nitroso groups, excluding NO2 is 1. The monoisotopic (exact) mass is 787 g/mol. The summed E-state index contributed by atoms with van der Waals surface area (Å²) in [6.45, 7) is 5.91. The van der Waals surface area contributed by atoms with Crippen LogP contribution in [0.5, 0.6) is 11.5 Å². The predicted octanol–water partition coefficient (Wildman–Crippen LogP) is 9.40. The Morgan fingerprint density at radius 2 is 1.71 bits per heavy atom.